The Kier molecular flexibility index (Phi) is 3.47. The summed E-state index contributed by atoms with van der Waals surface area (Å²) in [5, 5.41) is 2.14. The number of thiophene rings is 1. The van der Waals surface area contributed by atoms with Gasteiger partial charge in [-0.3, -0.25) is 0 Å². The molecule has 1 atom stereocenters. The summed E-state index contributed by atoms with van der Waals surface area (Å²) in [7, 11) is 0. The molecule has 0 aliphatic carbocycles. The molecule has 0 saturated carbocycles. The summed E-state index contributed by atoms with van der Waals surface area (Å²) in [5.74, 6) is 0. The molecule has 0 amide bonds. The second kappa shape index (κ2) is 4.70. The Morgan fingerprint density at radius 3 is 2.69 bits per heavy atom. The van der Waals surface area contributed by atoms with E-state index in [9.17, 15) is 0 Å². The Morgan fingerprint density at radius 2 is 2.06 bits per heavy atom. The fourth-order valence-electron chi connectivity index (χ4n) is 1.77. The van der Waals surface area contributed by atoms with Gasteiger partial charge in [-0.15, -0.1) is 11.3 Å². The van der Waals surface area contributed by atoms with Gasteiger partial charge in [0, 0.05) is 9.35 Å². The summed E-state index contributed by atoms with van der Waals surface area (Å²) in [6.45, 7) is 4.20. The van der Waals surface area contributed by atoms with Crippen molar-refractivity contribution < 1.29 is 0 Å². The van der Waals surface area contributed by atoms with Gasteiger partial charge in [-0.2, -0.15) is 0 Å². The zero-order valence-electron chi connectivity index (χ0n) is 9.33. The number of aryl methyl sites for hydroxylation is 1. The number of hydrogen-bond donors (Lipinski definition) is 1. The molecule has 2 rings (SSSR count). The lowest BCUT2D eigenvalue weighted by molar-refractivity contribution is 0.864. The van der Waals surface area contributed by atoms with Gasteiger partial charge in [-0.05, 0) is 48.1 Å². The first-order chi connectivity index (χ1) is 7.59. The largest absolute Gasteiger partial charge is 0.320 e. The predicted octanol–water partition coefficient (Wildman–Crippen LogP) is 4.18. The smallest absolute Gasteiger partial charge is 0.0562 e. The quantitative estimate of drug-likeness (QED) is 0.884. The lowest BCUT2D eigenvalue weighted by atomic mass is 9.98. The van der Waals surface area contributed by atoms with Crippen molar-refractivity contribution in [3.63, 3.8) is 0 Å². The van der Waals surface area contributed by atoms with Gasteiger partial charge in [0.05, 0.1) is 6.04 Å². The molecule has 1 heterocycles. The summed E-state index contributed by atoms with van der Waals surface area (Å²) in [4.78, 5) is 1.30. The number of rotatable bonds is 2. The third-order valence-electron chi connectivity index (χ3n) is 2.75. The van der Waals surface area contributed by atoms with Gasteiger partial charge < -0.3 is 5.73 Å². The molecule has 0 saturated heterocycles. The molecule has 2 aromatic rings. The maximum absolute atomic E-state index is 6.29. The minimum Gasteiger partial charge on any atom is -0.320 e. The van der Waals surface area contributed by atoms with Crippen LogP contribution in [0.25, 0.3) is 0 Å². The molecule has 1 aromatic carbocycles. The molecule has 1 nitrogen and oxygen atoms in total. The average Bonchev–Trinajstić information content (AvgIpc) is 2.68. The van der Waals surface area contributed by atoms with Crippen LogP contribution >= 0.6 is 27.3 Å². The number of hydrogen-bond acceptors (Lipinski definition) is 2. The Labute approximate surface area is 108 Å². The number of benzene rings is 1. The average molecular weight is 296 g/mol. The van der Waals surface area contributed by atoms with Crippen LogP contribution in [0.15, 0.2) is 34.1 Å². The Hall–Kier alpha value is -0.640. The number of halogens is 1. The standard InChI is InChI=1S/C13H14BrNS/c1-8-6-10(7-16-8)13(15)11-4-3-5-12(14)9(11)2/h3-7,13H,15H2,1-2H3. The zero-order valence-corrected chi connectivity index (χ0v) is 11.7. The summed E-state index contributed by atoms with van der Waals surface area (Å²) >= 11 is 5.28. The molecule has 1 aromatic heterocycles. The molecular weight excluding hydrogens is 282 g/mol. The first kappa shape index (κ1) is 11.8. The molecule has 84 valence electrons. The summed E-state index contributed by atoms with van der Waals surface area (Å²) < 4.78 is 1.12. The van der Waals surface area contributed by atoms with Gasteiger partial charge in [0.25, 0.3) is 0 Å². The van der Waals surface area contributed by atoms with Crippen LogP contribution in [0.4, 0.5) is 0 Å². The first-order valence-corrected chi connectivity index (χ1v) is 6.82. The molecule has 3 heteroatoms. The normalized spacial score (nSPS) is 12.8. The monoisotopic (exact) mass is 295 g/mol. The number of nitrogens with two attached hydrogens (primary N) is 1. The molecule has 0 fully saturated rings. The third-order valence-corrected chi connectivity index (χ3v) is 4.49. The second-order valence-corrected chi connectivity index (χ2v) is 5.89. The molecule has 0 radical (unpaired) electrons. The fourth-order valence-corrected chi connectivity index (χ4v) is 2.89. The van der Waals surface area contributed by atoms with Gasteiger partial charge in [0.1, 0.15) is 0 Å². The van der Waals surface area contributed by atoms with Gasteiger partial charge in [-0.25, -0.2) is 0 Å². The Morgan fingerprint density at radius 1 is 1.31 bits per heavy atom. The van der Waals surface area contributed by atoms with E-state index in [-0.39, 0.29) is 6.04 Å². The Bertz CT molecular complexity index is 504. The molecular formula is C13H14BrNS. The van der Waals surface area contributed by atoms with E-state index in [1.807, 2.05) is 12.1 Å². The topological polar surface area (TPSA) is 26.0 Å². The van der Waals surface area contributed by atoms with E-state index >= 15 is 0 Å². The van der Waals surface area contributed by atoms with Gasteiger partial charge in [-0.1, -0.05) is 28.1 Å². The van der Waals surface area contributed by atoms with E-state index in [1.54, 1.807) is 11.3 Å². The summed E-state index contributed by atoms with van der Waals surface area (Å²) in [6, 6.07) is 8.31. The van der Waals surface area contributed by atoms with Crippen molar-refractivity contribution in [3.8, 4) is 0 Å². The van der Waals surface area contributed by atoms with Crippen LogP contribution in [0.5, 0.6) is 0 Å². The van der Waals surface area contributed by atoms with E-state index in [4.69, 9.17) is 5.73 Å². The van der Waals surface area contributed by atoms with E-state index < -0.39 is 0 Å². The van der Waals surface area contributed by atoms with Crippen molar-refractivity contribution in [1.82, 2.24) is 0 Å². The molecule has 0 spiro atoms. The van der Waals surface area contributed by atoms with Crippen molar-refractivity contribution in [2.75, 3.05) is 0 Å². The van der Waals surface area contributed by atoms with Crippen LogP contribution in [0.1, 0.15) is 27.6 Å². The molecule has 16 heavy (non-hydrogen) atoms. The third kappa shape index (κ3) is 2.21. The lowest BCUT2D eigenvalue weighted by Gasteiger charge is -2.14. The molecule has 2 N–H and O–H groups in total. The summed E-state index contributed by atoms with van der Waals surface area (Å²) in [6.07, 6.45) is 0. The second-order valence-electron chi connectivity index (χ2n) is 3.92. The van der Waals surface area contributed by atoms with Crippen molar-refractivity contribution in [2.45, 2.75) is 19.9 Å². The molecule has 0 aliphatic heterocycles. The Balaban J connectivity index is 2.41. The summed E-state index contributed by atoms with van der Waals surface area (Å²) in [5.41, 5.74) is 9.89. The highest BCUT2D eigenvalue weighted by Crippen LogP contribution is 2.29. The lowest BCUT2D eigenvalue weighted by Crippen LogP contribution is -2.12. The highest BCUT2D eigenvalue weighted by Gasteiger charge is 2.13. The van der Waals surface area contributed by atoms with Crippen LogP contribution in [0, 0.1) is 13.8 Å². The minimum atomic E-state index is -0.0255. The fraction of sp³-hybridized carbons (Fsp3) is 0.231. The van der Waals surface area contributed by atoms with E-state index in [0.717, 1.165) is 4.47 Å². The van der Waals surface area contributed by atoms with E-state index in [0.29, 0.717) is 0 Å². The maximum atomic E-state index is 6.29. The highest BCUT2D eigenvalue weighted by atomic mass is 79.9. The van der Waals surface area contributed by atoms with Crippen molar-refractivity contribution >= 4 is 27.3 Å². The van der Waals surface area contributed by atoms with E-state index in [1.165, 1.54) is 21.6 Å². The van der Waals surface area contributed by atoms with Crippen LogP contribution < -0.4 is 5.73 Å². The van der Waals surface area contributed by atoms with Crippen LogP contribution in [-0.4, -0.2) is 0 Å². The first-order valence-electron chi connectivity index (χ1n) is 5.15. The predicted molar refractivity (Wildman–Crippen MR) is 74.0 cm³/mol. The SMILES string of the molecule is Cc1cc(C(N)c2cccc(Br)c2C)cs1. The van der Waals surface area contributed by atoms with Crippen LogP contribution in [-0.2, 0) is 0 Å². The minimum absolute atomic E-state index is 0.0255. The van der Waals surface area contributed by atoms with Crippen molar-refractivity contribution in [2.24, 2.45) is 5.73 Å². The van der Waals surface area contributed by atoms with Gasteiger partial charge in [0.15, 0.2) is 0 Å². The van der Waals surface area contributed by atoms with E-state index in [2.05, 4.69) is 47.3 Å². The van der Waals surface area contributed by atoms with Crippen LogP contribution in [0.3, 0.4) is 0 Å². The van der Waals surface area contributed by atoms with Gasteiger partial charge in [0.2, 0.25) is 0 Å². The van der Waals surface area contributed by atoms with Crippen molar-refractivity contribution in [3.05, 3.63) is 55.7 Å². The van der Waals surface area contributed by atoms with Gasteiger partial charge >= 0.3 is 0 Å². The molecule has 1 unspecified atom stereocenters. The van der Waals surface area contributed by atoms with Crippen LogP contribution in [0.2, 0.25) is 0 Å². The highest BCUT2D eigenvalue weighted by molar-refractivity contribution is 9.10. The maximum Gasteiger partial charge on any atom is 0.0562 e. The zero-order chi connectivity index (χ0) is 11.7. The van der Waals surface area contributed by atoms with Crippen molar-refractivity contribution in [1.29, 1.82) is 0 Å². The molecule has 0 aliphatic rings. The molecule has 0 bridgehead atoms.